The first-order chi connectivity index (χ1) is 39.4. The number of phosphoric acid groups is 1. The number of allylic oxidation sites excluding steroid dienone is 15. The maximum atomic E-state index is 13.6. The molecule has 81 heavy (non-hydrogen) atoms. The molecule has 0 rings (SSSR count). The van der Waals surface area contributed by atoms with Crippen molar-refractivity contribution >= 4 is 19.7 Å². The highest BCUT2D eigenvalue weighted by atomic mass is 31.2. The van der Waals surface area contributed by atoms with E-state index < -0.39 is 20.0 Å². The first-order valence-corrected chi connectivity index (χ1v) is 35.1. The van der Waals surface area contributed by atoms with Crippen LogP contribution in [0.1, 0.15) is 290 Å². The number of carbonyl (C=O) groups excluding carboxylic acids is 2. The zero-order chi connectivity index (χ0) is 59.3. The highest BCUT2D eigenvalue weighted by Gasteiger charge is 2.30. The van der Waals surface area contributed by atoms with Gasteiger partial charge in [0.1, 0.15) is 19.3 Å². The Morgan fingerprint density at radius 1 is 0.444 bits per heavy atom. The first kappa shape index (κ1) is 77.9. The van der Waals surface area contributed by atoms with Gasteiger partial charge in [0.2, 0.25) is 5.91 Å². The Morgan fingerprint density at radius 2 is 0.802 bits per heavy atom. The zero-order valence-electron chi connectivity index (χ0n) is 53.5. The fourth-order valence-electron chi connectivity index (χ4n) is 9.50. The SMILES string of the molecule is CC\C=C/C=C/C=C/C=C\C=C\C=C\CCCCCC(=O)OC(/C=C\CCCCCCCCCCC)C(COP(=O)(O)OCC[N+](C)(C)C)NC(=O)CCCCCCCCCCCCCCCCCCC/C=C/CCCCCCCC. The molecule has 10 heteroatoms. The number of esters is 1. The number of nitrogens with one attached hydrogen (secondary N) is 1. The number of nitrogens with zero attached hydrogens (tertiary/aromatic N) is 1. The van der Waals surface area contributed by atoms with Crippen molar-refractivity contribution in [3.05, 3.63) is 97.2 Å². The number of hydrogen-bond acceptors (Lipinski definition) is 6. The number of rotatable bonds is 60. The Bertz CT molecular complexity index is 1710. The molecule has 0 aromatic heterocycles. The number of carbonyl (C=O) groups is 2. The van der Waals surface area contributed by atoms with Gasteiger partial charge in [0.25, 0.3) is 0 Å². The van der Waals surface area contributed by atoms with Crippen LogP contribution in [0.15, 0.2) is 97.2 Å². The summed E-state index contributed by atoms with van der Waals surface area (Å²) in [7, 11) is 1.46. The maximum Gasteiger partial charge on any atom is 0.472 e. The summed E-state index contributed by atoms with van der Waals surface area (Å²) < 4.78 is 30.7. The third-order valence-electron chi connectivity index (χ3n) is 14.7. The van der Waals surface area contributed by atoms with E-state index in [0.717, 1.165) is 64.2 Å². The molecule has 468 valence electrons. The molecule has 9 nitrogen and oxygen atoms in total. The number of hydrogen-bond donors (Lipinski definition) is 2. The largest absolute Gasteiger partial charge is 0.472 e. The Labute approximate surface area is 500 Å². The van der Waals surface area contributed by atoms with Crippen LogP contribution in [0.5, 0.6) is 0 Å². The predicted octanol–water partition coefficient (Wildman–Crippen LogP) is 21.1. The summed E-state index contributed by atoms with van der Waals surface area (Å²) in [4.78, 5) is 37.8. The Kier molecular flexibility index (Phi) is 57.8. The van der Waals surface area contributed by atoms with Crippen molar-refractivity contribution < 1.29 is 37.3 Å². The van der Waals surface area contributed by atoms with Crippen LogP contribution in [0.4, 0.5) is 0 Å². The monoisotopic (exact) mass is 1150 g/mol. The van der Waals surface area contributed by atoms with Gasteiger partial charge in [0, 0.05) is 12.8 Å². The van der Waals surface area contributed by atoms with Gasteiger partial charge in [-0.3, -0.25) is 18.6 Å². The minimum absolute atomic E-state index is 0.0291. The summed E-state index contributed by atoms with van der Waals surface area (Å²) in [5, 5.41) is 3.05. The highest BCUT2D eigenvalue weighted by Crippen LogP contribution is 2.43. The second-order valence-corrected chi connectivity index (χ2v) is 25.2. The van der Waals surface area contributed by atoms with Gasteiger partial charge in [0.05, 0.1) is 33.8 Å². The molecule has 0 saturated heterocycles. The van der Waals surface area contributed by atoms with E-state index in [-0.39, 0.29) is 31.5 Å². The molecule has 0 aliphatic heterocycles. The van der Waals surface area contributed by atoms with Gasteiger partial charge < -0.3 is 19.4 Å². The molecule has 0 heterocycles. The van der Waals surface area contributed by atoms with Crippen LogP contribution in [-0.4, -0.2) is 74.3 Å². The van der Waals surface area contributed by atoms with Gasteiger partial charge in [0.15, 0.2) is 0 Å². The average molecular weight is 1150 g/mol. The minimum atomic E-state index is -4.46. The third kappa shape index (κ3) is 61.3. The van der Waals surface area contributed by atoms with Crippen LogP contribution >= 0.6 is 7.82 Å². The van der Waals surface area contributed by atoms with Crippen molar-refractivity contribution in [1.82, 2.24) is 5.32 Å². The molecule has 0 aliphatic rings. The van der Waals surface area contributed by atoms with Crippen LogP contribution in [0.25, 0.3) is 0 Å². The van der Waals surface area contributed by atoms with Crippen LogP contribution in [-0.2, 0) is 27.9 Å². The summed E-state index contributed by atoms with van der Waals surface area (Å²) in [6, 6.07) is -0.871. The number of unbranched alkanes of at least 4 members (excludes halogenated alkanes) is 35. The smallest absolute Gasteiger partial charge is 0.456 e. The lowest BCUT2D eigenvalue weighted by molar-refractivity contribution is -0.870. The van der Waals surface area contributed by atoms with E-state index in [1.54, 1.807) is 0 Å². The molecule has 0 fully saturated rings. The number of phosphoric ester groups is 1. The summed E-state index contributed by atoms with van der Waals surface area (Å²) >= 11 is 0. The Morgan fingerprint density at radius 3 is 1.23 bits per heavy atom. The van der Waals surface area contributed by atoms with Crippen LogP contribution in [0.3, 0.4) is 0 Å². The molecule has 0 aliphatic carbocycles. The normalized spacial score (nSPS) is 14.2. The fraction of sp³-hybridized carbons (Fsp3) is 0.746. The van der Waals surface area contributed by atoms with Crippen molar-refractivity contribution in [2.75, 3.05) is 40.9 Å². The number of amides is 1. The van der Waals surface area contributed by atoms with E-state index in [1.165, 1.54) is 186 Å². The van der Waals surface area contributed by atoms with Gasteiger partial charge in [-0.15, -0.1) is 0 Å². The summed E-state index contributed by atoms with van der Waals surface area (Å²) in [6.07, 6.45) is 81.4. The molecular weight excluding hydrogens is 1020 g/mol. The number of likely N-dealkylation sites (N-methyl/N-ethyl adjacent to an activating group) is 1. The summed E-state index contributed by atoms with van der Waals surface area (Å²) in [5.41, 5.74) is 0. The minimum Gasteiger partial charge on any atom is -0.456 e. The van der Waals surface area contributed by atoms with Crippen molar-refractivity contribution in [2.45, 2.75) is 303 Å². The molecule has 2 N–H and O–H groups in total. The van der Waals surface area contributed by atoms with Crippen LogP contribution in [0, 0.1) is 0 Å². The standard InChI is InChI=1S/C71H127N2O7P/c1-7-10-13-16-19-22-25-27-29-31-32-33-34-35-36-37-38-39-40-42-43-45-48-51-54-57-60-63-70(74)72-68(67-79-81(76,77)78-66-65-73(4,5)6)69(62-59-56-53-50-47-24-21-18-15-12-9-3)80-71(75)64-61-58-55-52-49-46-44-41-30-28-26-23-20-17-14-11-8-2/h11,14,17,20,23,26-30,41,44,46,49,59,62,68-69H,7-10,12-13,15-16,18-19,21-22,24-25,31-40,42-43,45,47-48,50-58,60-61,63-67H2,1-6H3,(H-,72,74,76,77)/p+1/b14-11-,20-17+,26-23+,29-27+,30-28-,44-41+,49-46+,62-59-. The maximum absolute atomic E-state index is 13.6. The average Bonchev–Trinajstić information content (AvgIpc) is 3.43. The summed E-state index contributed by atoms with van der Waals surface area (Å²) in [5.74, 6) is -0.554. The molecule has 3 atom stereocenters. The van der Waals surface area contributed by atoms with Crippen LogP contribution in [0.2, 0.25) is 0 Å². The quantitative estimate of drug-likeness (QED) is 0.0156. The number of quaternary nitrogens is 1. The van der Waals surface area contributed by atoms with Gasteiger partial charge in [-0.25, -0.2) is 4.57 Å². The molecule has 0 aromatic carbocycles. The van der Waals surface area contributed by atoms with E-state index in [9.17, 15) is 19.0 Å². The molecule has 1 amide bonds. The van der Waals surface area contributed by atoms with Crippen molar-refractivity contribution in [3.8, 4) is 0 Å². The molecule has 0 spiro atoms. The number of ether oxygens (including phenoxy) is 1. The fourth-order valence-corrected chi connectivity index (χ4v) is 10.2. The lowest BCUT2D eigenvalue weighted by Gasteiger charge is -2.27. The van der Waals surface area contributed by atoms with Crippen molar-refractivity contribution in [3.63, 3.8) is 0 Å². The Hall–Kier alpha value is -3.07. The van der Waals surface area contributed by atoms with Gasteiger partial charge >= 0.3 is 13.8 Å². The lowest BCUT2D eigenvalue weighted by atomic mass is 10.0. The van der Waals surface area contributed by atoms with Crippen molar-refractivity contribution in [2.24, 2.45) is 0 Å². The molecule has 3 unspecified atom stereocenters. The zero-order valence-corrected chi connectivity index (χ0v) is 54.4. The van der Waals surface area contributed by atoms with E-state index in [0.29, 0.717) is 23.9 Å². The van der Waals surface area contributed by atoms with E-state index in [2.05, 4.69) is 50.4 Å². The topological polar surface area (TPSA) is 111 Å². The molecule has 0 bridgehead atoms. The van der Waals surface area contributed by atoms with Gasteiger partial charge in [-0.1, -0.05) is 298 Å². The molecule has 0 radical (unpaired) electrons. The summed E-state index contributed by atoms with van der Waals surface area (Å²) in [6.45, 7) is 6.84. The second kappa shape index (κ2) is 60.1. The van der Waals surface area contributed by atoms with E-state index in [4.69, 9.17) is 13.8 Å². The first-order valence-electron chi connectivity index (χ1n) is 33.6. The highest BCUT2D eigenvalue weighted by molar-refractivity contribution is 7.47. The van der Waals surface area contributed by atoms with E-state index >= 15 is 0 Å². The molecular formula is C71H128N2O7P+. The third-order valence-corrected chi connectivity index (χ3v) is 15.7. The van der Waals surface area contributed by atoms with Gasteiger partial charge in [-0.2, -0.15) is 0 Å². The van der Waals surface area contributed by atoms with Gasteiger partial charge in [-0.05, 0) is 76.7 Å². The predicted molar refractivity (Wildman–Crippen MR) is 350 cm³/mol. The molecule has 0 aromatic rings. The van der Waals surface area contributed by atoms with E-state index in [1.807, 2.05) is 94.1 Å². The van der Waals surface area contributed by atoms with Crippen molar-refractivity contribution in [1.29, 1.82) is 0 Å². The molecule has 0 saturated carbocycles. The van der Waals surface area contributed by atoms with Crippen LogP contribution < -0.4 is 5.32 Å². The second-order valence-electron chi connectivity index (χ2n) is 23.8. The lowest BCUT2D eigenvalue weighted by Crippen LogP contribution is -2.47. The Balaban J connectivity index is 5.06.